The first-order valence-electron chi connectivity index (χ1n) is 9.26. The molecule has 3 rings (SSSR count). The Morgan fingerprint density at radius 1 is 1.03 bits per heavy atom. The Morgan fingerprint density at radius 3 is 2.30 bits per heavy atom. The summed E-state index contributed by atoms with van der Waals surface area (Å²) in [6.45, 7) is 2.97. The van der Waals surface area contributed by atoms with Crippen molar-refractivity contribution in [3.8, 4) is 17.0 Å². The van der Waals surface area contributed by atoms with Crippen LogP contribution in [0.4, 0.5) is 11.4 Å². The number of carbonyl (C=O) groups is 2. The highest BCUT2D eigenvalue weighted by Crippen LogP contribution is 2.19. The van der Waals surface area contributed by atoms with E-state index in [1.54, 1.807) is 31.4 Å². The molecule has 2 aromatic carbocycles. The number of carbonyl (C=O) groups excluding carboxylic acids is 2. The number of aryl methyl sites for hydroxylation is 1. The number of benzene rings is 2. The van der Waals surface area contributed by atoms with Gasteiger partial charge in [-0.2, -0.15) is 5.10 Å². The van der Waals surface area contributed by atoms with Crippen molar-refractivity contribution in [3.63, 3.8) is 0 Å². The molecule has 0 saturated heterocycles. The van der Waals surface area contributed by atoms with Crippen LogP contribution in [0.1, 0.15) is 12.5 Å². The smallest absolute Gasteiger partial charge is 0.291 e. The predicted molar refractivity (Wildman–Crippen MR) is 115 cm³/mol. The summed E-state index contributed by atoms with van der Waals surface area (Å²) in [7, 11) is 1.55. The van der Waals surface area contributed by atoms with E-state index in [1.807, 2.05) is 31.2 Å². The molecule has 154 valence electrons. The molecular formula is C22H22N4O4. The topological polar surface area (TPSA) is 102 Å². The van der Waals surface area contributed by atoms with Gasteiger partial charge in [0.2, 0.25) is 11.8 Å². The van der Waals surface area contributed by atoms with Gasteiger partial charge >= 0.3 is 0 Å². The van der Waals surface area contributed by atoms with Crippen molar-refractivity contribution in [2.45, 2.75) is 20.4 Å². The molecule has 0 aliphatic rings. The highest BCUT2D eigenvalue weighted by atomic mass is 16.5. The molecular weight excluding hydrogens is 384 g/mol. The number of nitrogens with zero attached hydrogens (tertiary/aromatic N) is 2. The van der Waals surface area contributed by atoms with Gasteiger partial charge in [0.1, 0.15) is 18.0 Å². The number of anilines is 2. The van der Waals surface area contributed by atoms with Crippen molar-refractivity contribution in [3.05, 3.63) is 70.5 Å². The fourth-order valence-corrected chi connectivity index (χ4v) is 2.80. The van der Waals surface area contributed by atoms with E-state index in [9.17, 15) is 14.4 Å². The summed E-state index contributed by atoms with van der Waals surface area (Å²) in [4.78, 5) is 36.7. The maximum atomic E-state index is 12.7. The number of rotatable bonds is 6. The number of methoxy groups -OCH3 is 1. The van der Waals surface area contributed by atoms with E-state index >= 15 is 0 Å². The normalized spacial score (nSPS) is 10.4. The molecule has 8 heteroatoms. The monoisotopic (exact) mass is 406 g/mol. The van der Waals surface area contributed by atoms with Gasteiger partial charge in [0.05, 0.1) is 12.8 Å². The molecule has 1 heterocycles. The van der Waals surface area contributed by atoms with Crippen LogP contribution >= 0.6 is 0 Å². The van der Waals surface area contributed by atoms with Gasteiger partial charge in [0.15, 0.2) is 0 Å². The Kier molecular flexibility index (Phi) is 6.26. The Balaban J connectivity index is 1.90. The average molecular weight is 406 g/mol. The van der Waals surface area contributed by atoms with Gasteiger partial charge in [-0.3, -0.25) is 14.4 Å². The zero-order chi connectivity index (χ0) is 21.7. The molecule has 0 saturated carbocycles. The molecule has 2 N–H and O–H groups in total. The number of aromatic nitrogens is 2. The molecule has 2 amide bonds. The van der Waals surface area contributed by atoms with Crippen molar-refractivity contribution in [1.29, 1.82) is 0 Å². The van der Waals surface area contributed by atoms with Crippen LogP contribution in [0, 0.1) is 6.92 Å². The van der Waals surface area contributed by atoms with Gasteiger partial charge in [-0.25, -0.2) is 4.68 Å². The van der Waals surface area contributed by atoms with Crippen molar-refractivity contribution in [1.82, 2.24) is 9.78 Å². The molecule has 1 aromatic heterocycles. The summed E-state index contributed by atoms with van der Waals surface area (Å²) in [5, 5.41) is 9.55. The molecule has 0 aliphatic heterocycles. The fourth-order valence-electron chi connectivity index (χ4n) is 2.80. The first-order chi connectivity index (χ1) is 14.4. The Labute approximate surface area is 173 Å². The minimum atomic E-state index is -0.564. The third kappa shape index (κ3) is 5.11. The highest BCUT2D eigenvalue weighted by Gasteiger charge is 2.14. The van der Waals surface area contributed by atoms with E-state index in [4.69, 9.17) is 4.74 Å². The molecule has 0 fully saturated rings. The lowest BCUT2D eigenvalue weighted by Gasteiger charge is -2.12. The van der Waals surface area contributed by atoms with E-state index in [0.717, 1.165) is 15.8 Å². The second kappa shape index (κ2) is 9.04. The van der Waals surface area contributed by atoms with Gasteiger partial charge < -0.3 is 15.4 Å². The minimum Gasteiger partial charge on any atom is -0.497 e. The molecule has 0 unspecified atom stereocenters. The Morgan fingerprint density at radius 2 is 1.70 bits per heavy atom. The van der Waals surface area contributed by atoms with Crippen molar-refractivity contribution in [2.75, 3.05) is 17.7 Å². The van der Waals surface area contributed by atoms with E-state index in [0.29, 0.717) is 17.1 Å². The lowest BCUT2D eigenvalue weighted by Crippen LogP contribution is -2.32. The standard InChI is InChI=1S/C22H22N4O4/c1-14-4-6-16(7-5-14)19-12-20(23-15(2)27)22(29)26(25-19)13-21(28)24-17-8-10-18(30-3)11-9-17/h4-12H,13H2,1-3H3,(H,23,27)(H,24,28). The van der Waals surface area contributed by atoms with Crippen LogP contribution in [0.2, 0.25) is 0 Å². The summed E-state index contributed by atoms with van der Waals surface area (Å²) < 4.78 is 6.13. The van der Waals surface area contributed by atoms with Gasteiger partial charge in [0, 0.05) is 18.2 Å². The molecule has 30 heavy (non-hydrogen) atoms. The summed E-state index contributed by atoms with van der Waals surface area (Å²) in [5.74, 6) is -0.149. The molecule has 0 bridgehead atoms. The SMILES string of the molecule is COc1ccc(NC(=O)Cn2nc(-c3ccc(C)cc3)cc(NC(C)=O)c2=O)cc1. The van der Waals surface area contributed by atoms with E-state index < -0.39 is 11.5 Å². The Hall–Kier alpha value is -3.94. The zero-order valence-corrected chi connectivity index (χ0v) is 16.9. The first-order valence-corrected chi connectivity index (χ1v) is 9.26. The summed E-state index contributed by atoms with van der Waals surface area (Å²) in [6.07, 6.45) is 0. The molecule has 0 aliphatic carbocycles. The maximum Gasteiger partial charge on any atom is 0.291 e. The predicted octanol–water partition coefficient (Wildman–Crippen LogP) is 2.82. The van der Waals surface area contributed by atoms with Crippen LogP contribution in [-0.2, 0) is 16.1 Å². The molecule has 0 spiro atoms. The molecule has 0 radical (unpaired) electrons. The number of nitrogens with one attached hydrogen (secondary N) is 2. The van der Waals surface area contributed by atoms with Gasteiger partial charge in [-0.1, -0.05) is 29.8 Å². The Bertz CT molecular complexity index is 1120. The van der Waals surface area contributed by atoms with Gasteiger partial charge in [-0.05, 0) is 37.3 Å². The average Bonchev–Trinajstić information content (AvgIpc) is 2.71. The summed E-state index contributed by atoms with van der Waals surface area (Å²) in [6, 6.07) is 15.9. The van der Waals surface area contributed by atoms with Crippen molar-refractivity contribution >= 4 is 23.2 Å². The van der Waals surface area contributed by atoms with E-state index in [2.05, 4.69) is 15.7 Å². The van der Waals surface area contributed by atoms with Crippen LogP contribution in [-0.4, -0.2) is 28.7 Å². The third-order valence-electron chi connectivity index (χ3n) is 4.30. The largest absolute Gasteiger partial charge is 0.497 e. The highest BCUT2D eigenvalue weighted by molar-refractivity contribution is 5.91. The second-order valence-corrected chi connectivity index (χ2v) is 6.73. The van der Waals surface area contributed by atoms with Gasteiger partial charge in [-0.15, -0.1) is 0 Å². The van der Waals surface area contributed by atoms with Crippen LogP contribution in [0.5, 0.6) is 5.75 Å². The maximum absolute atomic E-state index is 12.7. The van der Waals surface area contributed by atoms with Crippen LogP contribution < -0.4 is 20.9 Å². The summed E-state index contributed by atoms with van der Waals surface area (Å²) >= 11 is 0. The van der Waals surface area contributed by atoms with Crippen molar-refractivity contribution in [2.24, 2.45) is 0 Å². The quantitative estimate of drug-likeness (QED) is 0.655. The fraction of sp³-hybridized carbons (Fsp3) is 0.182. The minimum absolute atomic E-state index is 0.0605. The number of hydrogen-bond acceptors (Lipinski definition) is 5. The number of ether oxygens (including phenoxy) is 1. The zero-order valence-electron chi connectivity index (χ0n) is 16.9. The summed E-state index contributed by atoms with van der Waals surface area (Å²) in [5.41, 5.74) is 2.36. The van der Waals surface area contributed by atoms with Crippen LogP contribution in [0.25, 0.3) is 11.3 Å². The third-order valence-corrected chi connectivity index (χ3v) is 4.30. The second-order valence-electron chi connectivity index (χ2n) is 6.73. The molecule has 3 aromatic rings. The van der Waals surface area contributed by atoms with E-state index in [-0.39, 0.29) is 18.1 Å². The van der Waals surface area contributed by atoms with Crippen LogP contribution in [0.15, 0.2) is 59.4 Å². The lowest BCUT2D eigenvalue weighted by atomic mass is 10.1. The number of hydrogen-bond donors (Lipinski definition) is 2. The van der Waals surface area contributed by atoms with Crippen molar-refractivity contribution < 1.29 is 14.3 Å². The molecule has 8 nitrogen and oxygen atoms in total. The van der Waals surface area contributed by atoms with E-state index in [1.165, 1.54) is 13.0 Å². The number of amides is 2. The molecule has 0 atom stereocenters. The first kappa shape index (κ1) is 20.8. The lowest BCUT2D eigenvalue weighted by molar-refractivity contribution is -0.117. The van der Waals surface area contributed by atoms with Gasteiger partial charge in [0.25, 0.3) is 5.56 Å². The van der Waals surface area contributed by atoms with Crippen LogP contribution in [0.3, 0.4) is 0 Å².